The fraction of sp³-hybridized carbons (Fsp3) is 0.375. The molecule has 2 aromatic rings. The van der Waals surface area contributed by atoms with Gasteiger partial charge in [0.05, 0.1) is 12.2 Å². The Kier molecular flexibility index (Phi) is 4.75. The third-order valence-electron chi connectivity index (χ3n) is 3.36. The van der Waals surface area contributed by atoms with E-state index in [0.29, 0.717) is 13.1 Å². The van der Waals surface area contributed by atoms with Crippen LogP contribution in [-0.2, 0) is 11.3 Å². The fourth-order valence-corrected chi connectivity index (χ4v) is 2.14. The predicted molar refractivity (Wildman–Crippen MR) is 82.1 cm³/mol. The Bertz CT molecular complexity index is 597. The average Bonchev–Trinajstić information content (AvgIpc) is 2.73. The Hall–Kier alpha value is -2.14. The number of hydrogen-bond donors (Lipinski definition) is 1. The van der Waals surface area contributed by atoms with Crippen LogP contribution in [0.3, 0.4) is 0 Å². The molecule has 112 valence electrons. The van der Waals surface area contributed by atoms with Crippen molar-refractivity contribution in [3.63, 3.8) is 0 Å². The molecule has 0 aliphatic carbocycles. The predicted octanol–water partition coefficient (Wildman–Crippen LogP) is 2.67. The molecule has 1 aromatic heterocycles. The minimum Gasteiger partial charge on any atom is -0.361 e. The van der Waals surface area contributed by atoms with E-state index < -0.39 is 0 Å². The Morgan fingerprint density at radius 2 is 1.90 bits per heavy atom. The highest BCUT2D eigenvalue weighted by Gasteiger charge is 2.13. The molecule has 1 amide bonds. The van der Waals surface area contributed by atoms with Crippen LogP contribution >= 0.6 is 0 Å². The number of amides is 1. The number of benzene rings is 1. The maximum Gasteiger partial charge on any atom is 0.238 e. The molecule has 5 nitrogen and oxygen atoms in total. The lowest BCUT2D eigenvalue weighted by Gasteiger charge is -2.16. The minimum atomic E-state index is -0.0342. The van der Waals surface area contributed by atoms with Crippen molar-refractivity contribution in [1.82, 2.24) is 10.1 Å². The number of carbonyl (C=O) groups excluding carboxylic acids is 1. The lowest BCUT2D eigenvalue weighted by molar-refractivity contribution is -0.117. The molecular formula is C16H21N3O2. The maximum absolute atomic E-state index is 12.0. The van der Waals surface area contributed by atoms with Crippen LogP contribution in [0.1, 0.15) is 22.6 Å². The number of aromatic nitrogens is 1. The summed E-state index contributed by atoms with van der Waals surface area (Å²) in [4.78, 5) is 14.0. The highest BCUT2D eigenvalue weighted by atomic mass is 16.5. The molecule has 1 N–H and O–H groups in total. The van der Waals surface area contributed by atoms with Gasteiger partial charge < -0.3 is 9.84 Å². The van der Waals surface area contributed by atoms with E-state index in [1.807, 2.05) is 57.0 Å². The molecule has 0 aliphatic rings. The van der Waals surface area contributed by atoms with Crippen LogP contribution in [0.15, 0.2) is 28.8 Å². The monoisotopic (exact) mass is 287 g/mol. The first-order valence-electron chi connectivity index (χ1n) is 6.92. The third kappa shape index (κ3) is 4.16. The van der Waals surface area contributed by atoms with Crippen molar-refractivity contribution in [3.8, 4) is 0 Å². The normalized spacial score (nSPS) is 10.9. The summed E-state index contributed by atoms with van der Waals surface area (Å²) in [6.07, 6.45) is 0. The quantitative estimate of drug-likeness (QED) is 0.918. The van der Waals surface area contributed by atoms with Gasteiger partial charge in [-0.05, 0) is 40.0 Å². The standard InChI is InChI=1S/C16H21N3O2/c1-11-5-7-14(8-6-11)17-16(20)10-19(4)9-15-12(2)18-21-13(15)3/h5-8H,9-10H2,1-4H3,(H,17,20). The third-order valence-corrected chi connectivity index (χ3v) is 3.36. The number of carbonyl (C=O) groups is 1. The zero-order valence-corrected chi connectivity index (χ0v) is 12.9. The van der Waals surface area contributed by atoms with Crippen molar-refractivity contribution in [2.75, 3.05) is 18.9 Å². The SMILES string of the molecule is Cc1ccc(NC(=O)CN(C)Cc2c(C)noc2C)cc1. The smallest absolute Gasteiger partial charge is 0.238 e. The molecule has 1 heterocycles. The molecule has 0 radical (unpaired) electrons. The van der Waals surface area contributed by atoms with E-state index >= 15 is 0 Å². The van der Waals surface area contributed by atoms with Gasteiger partial charge in [0.25, 0.3) is 0 Å². The second kappa shape index (κ2) is 6.54. The van der Waals surface area contributed by atoms with Crippen molar-refractivity contribution in [2.24, 2.45) is 0 Å². The maximum atomic E-state index is 12.0. The van der Waals surface area contributed by atoms with E-state index in [1.165, 1.54) is 5.56 Å². The van der Waals surface area contributed by atoms with Crippen LogP contribution in [0, 0.1) is 20.8 Å². The summed E-state index contributed by atoms with van der Waals surface area (Å²) in [5, 5.41) is 6.81. The van der Waals surface area contributed by atoms with E-state index in [1.54, 1.807) is 0 Å². The van der Waals surface area contributed by atoms with Gasteiger partial charge in [-0.1, -0.05) is 22.9 Å². The molecule has 0 atom stereocenters. The molecule has 0 bridgehead atoms. The van der Waals surface area contributed by atoms with Gasteiger partial charge in [0, 0.05) is 17.8 Å². The van der Waals surface area contributed by atoms with E-state index in [0.717, 1.165) is 22.7 Å². The molecule has 0 saturated heterocycles. The van der Waals surface area contributed by atoms with Gasteiger partial charge in [-0.3, -0.25) is 9.69 Å². The highest BCUT2D eigenvalue weighted by Crippen LogP contribution is 2.14. The van der Waals surface area contributed by atoms with Gasteiger partial charge >= 0.3 is 0 Å². The molecule has 2 rings (SSSR count). The van der Waals surface area contributed by atoms with E-state index in [-0.39, 0.29) is 5.91 Å². The topological polar surface area (TPSA) is 58.4 Å². The molecule has 0 saturated carbocycles. The second-order valence-electron chi connectivity index (χ2n) is 5.39. The van der Waals surface area contributed by atoms with Gasteiger partial charge in [0.1, 0.15) is 5.76 Å². The van der Waals surface area contributed by atoms with E-state index in [2.05, 4.69) is 10.5 Å². The number of likely N-dealkylation sites (N-methyl/N-ethyl adjacent to an activating group) is 1. The highest BCUT2D eigenvalue weighted by molar-refractivity contribution is 5.92. The Balaban J connectivity index is 1.89. The fourth-order valence-electron chi connectivity index (χ4n) is 2.14. The lowest BCUT2D eigenvalue weighted by Crippen LogP contribution is -2.30. The average molecular weight is 287 g/mol. The van der Waals surface area contributed by atoms with Gasteiger partial charge in [-0.15, -0.1) is 0 Å². The number of anilines is 1. The van der Waals surface area contributed by atoms with Crippen molar-refractivity contribution >= 4 is 11.6 Å². The molecule has 1 aromatic carbocycles. The van der Waals surface area contributed by atoms with Gasteiger partial charge in [-0.25, -0.2) is 0 Å². The summed E-state index contributed by atoms with van der Waals surface area (Å²) in [6.45, 7) is 6.77. The molecule has 21 heavy (non-hydrogen) atoms. The van der Waals surface area contributed by atoms with Crippen LogP contribution in [-0.4, -0.2) is 29.6 Å². The van der Waals surface area contributed by atoms with Crippen molar-refractivity contribution in [3.05, 3.63) is 46.8 Å². The van der Waals surface area contributed by atoms with Crippen LogP contribution in [0.2, 0.25) is 0 Å². The molecule has 0 spiro atoms. The van der Waals surface area contributed by atoms with Gasteiger partial charge in [-0.2, -0.15) is 0 Å². The molecule has 0 aliphatic heterocycles. The first-order chi connectivity index (χ1) is 9.95. The Labute approximate surface area is 124 Å². The first-order valence-corrected chi connectivity index (χ1v) is 6.92. The Morgan fingerprint density at radius 3 is 2.48 bits per heavy atom. The van der Waals surface area contributed by atoms with Crippen molar-refractivity contribution in [2.45, 2.75) is 27.3 Å². The molecule has 0 unspecified atom stereocenters. The van der Waals surface area contributed by atoms with Gasteiger partial charge in [0.2, 0.25) is 5.91 Å². The molecule has 5 heteroatoms. The largest absolute Gasteiger partial charge is 0.361 e. The lowest BCUT2D eigenvalue weighted by atomic mass is 10.2. The summed E-state index contributed by atoms with van der Waals surface area (Å²) >= 11 is 0. The zero-order chi connectivity index (χ0) is 15.4. The van der Waals surface area contributed by atoms with Crippen LogP contribution in [0.25, 0.3) is 0 Å². The number of hydrogen-bond acceptors (Lipinski definition) is 4. The number of aryl methyl sites for hydroxylation is 3. The van der Waals surface area contributed by atoms with Crippen LogP contribution < -0.4 is 5.32 Å². The number of nitrogens with one attached hydrogen (secondary N) is 1. The minimum absolute atomic E-state index is 0.0342. The Morgan fingerprint density at radius 1 is 1.24 bits per heavy atom. The summed E-state index contributed by atoms with van der Waals surface area (Å²) in [5.74, 6) is 0.770. The second-order valence-corrected chi connectivity index (χ2v) is 5.39. The summed E-state index contributed by atoms with van der Waals surface area (Å²) in [7, 11) is 1.90. The summed E-state index contributed by atoms with van der Waals surface area (Å²) in [5.41, 5.74) is 3.90. The molecule has 0 fully saturated rings. The van der Waals surface area contributed by atoms with Crippen LogP contribution in [0.4, 0.5) is 5.69 Å². The van der Waals surface area contributed by atoms with Crippen molar-refractivity contribution < 1.29 is 9.32 Å². The van der Waals surface area contributed by atoms with Crippen molar-refractivity contribution in [1.29, 1.82) is 0 Å². The number of nitrogens with zero attached hydrogens (tertiary/aromatic N) is 2. The number of rotatable bonds is 5. The summed E-state index contributed by atoms with van der Waals surface area (Å²) in [6, 6.07) is 7.76. The summed E-state index contributed by atoms with van der Waals surface area (Å²) < 4.78 is 5.13. The zero-order valence-electron chi connectivity index (χ0n) is 12.9. The molecular weight excluding hydrogens is 266 g/mol. The van der Waals surface area contributed by atoms with Gasteiger partial charge in [0.15, 0.2) is 0 Å². The van der Waals surface area contributed by atoms with Crippen LogP contribution in [0.5, 0.6) is 0 Å². The van der Waals surface area contributed by atoms with E-state index in [9.17, 15) is 4.79 Å². The van der Waals surface area contributed by atoms with E-state index in [4.69, 9.17) is 4.52 Å². The first kappa shape index (κ1) is 15.3.